The van der Waals surface area contributed by atoms with Gasteiger partial charge < -0.3 is 10.4 Å². The summed E-state index contributed by atoms with van der Waals surface area (Å²) in [6.07, 6.45) is 0.179. The van der Waals surface area contributed by atoms with Gasteiger partial charge in [-0.05, 0) is 0 Å². The van der Waals surface area contributed by atoms with Crippen molar-refractivity contribution in [1.82, 2.24) is 10.6 Å². The van der Waals surface area contributed by atoms with E-state index in [2.05, 4.69) is 10.6 Å². The van der Waals surface area contributed by atoms with Crippen LogP contribution in [0.4, 0.5) is 0 Å². The van der Waals surface area contributed by atoms with Crippen molar-refractivity contribution >= 4 is 11.8 Å². The van der Waals surface area contributed by atoms with E-state index in [0.29, 0.717) is 6.54 Å². The van der Waals surface area contributed by atoms with E-state index in [1.165, 1.54) is 0 Å². The van der Waals surface area contributed by atoms with Gasteiger partial charge in [-0.1, -0.05) is 0 Å². The Balaban J connectivity index is 2.34. The zero-order chi connectivity index (χ0) is 8.27. The SMILES string of the molecule is O=C1CC(NCCO)C(=O)N1. The number of imide groups is 1. The minimum absolute atomic E-state index is 0.0298. The zero-order valence-electron chi connectivity index (χ0n) is 5.96. The molecular weight excluding hydrogens is 148 g/mol. The van der Waals surface area contributed by atoms with Gasteiger partial charge in [-0.2, -0.15) is 0 Å². The van der Waals surface area contributed by atoms with Crippen molar-refractivity contribution in [2.75, 3.05) is 13.2 Å². The molecular formula is C6H10N2O3. The summed E-state index contributed by atoms with van der Waals surface area (Å²) < 4.78 is 0. The number of hydrogen-bond donors (Lipinski definition) is 3. The van der Waals surface area contributed by atoms with Crippen molar-refractivity contribution < 1.29 is 14.7 Å². The quantitative estimate of drug-likeness (QED) is 0.414. The van der Waals surface area contributed by atoms with E-state index in [9.17, 15) is 9.59 Å². The Bertz CT molecular complexity index is 181. The third kappa shape index (κ3) is 1.99. The molecule has 0 bridgehead atoms. The molecule has 62 valence electrons. The molecule has 0 aromatic carbocycles. The van der Waals surface area contributed by atoms with Gasteiger partial charge in [0.1, 0.15) is 0 Å². The van der Waals surface area contributed by atoms with Crippen molar-refractivity contribution in [3.63, 3.8) is 0 Å². The molecule has 3 N–H and O–H groups in total. The van der Waals surface area contributed by atoms with Crippen LogP contribution < -0.4 is 10.6 Å². The minimum atomic E-state index is -0.449. The van der Waals surface area contributed by atoms with Gasteiger partial charge in [0, 0.05) is 6.54 Å². The number of rotatable bonds is 3. The average molecular weight is 158 g/mol. The average Bonchev–Trinajstić information content (AvgIpc) is 2.26. The fourth-order valence-electron chi connectivity index (χ4n) is 0.957. The van der Waals surface area contributed by atoms with E-state index in [-0.39, 0.29) is 24.8 Å². The molecule has 0 aromatic rings. The molecule has 5 nitrogen and oxygen atoms in total. The fourth-order valence-corrected chi connectivity index (χ4v) is 0.957. The van der Waals surface area contributed by atoms with Gasteiger partial charge in [-0.3, -0.25) is 14.9 Å². The Hall–Kier alpha value is -0.940. The van der Waals surface area contributed by atoms with E-state index in [1.54, 1.807) is 0 Å². The first-order valence-electron chi connectivity index (χ1n) is 3.42. The Morgan fingerprint density at radius 2 is 2.36 bits per heavy atom. The molecule has 1 fully saturated rings. The first-order valence-corrected chi connectivity index (χ1v) is 3.42. The molecule has 1 rings (SSSR count). The first-order chi connectivity index (χ1) is 5.24. The van der Waals surface area contributed by atoms with Crippen molar-refractivity contribution in [2.24, 2.45) is 0 Å². The molecule has 1 heterocycles. The third-order valence-corrected chi connectivity index (χ3v) is 1.47. The van der Waals surface area contributed by atoms with Crippen LogP contribution in [0.3, 0.4) is 0 Å². The Morgan fingerprint density at radius 1 is 1.64 bits per heavy atom. The van der Waals surface area contributed by atoms with E-state index in [1.807, 2.05) is 0 Å². The molecule has 0 aromatic heterocycles. The lowest BCUT2D eigenvalue weighted by Crippen LogP contribution is -2.37. The van der Waals surface area contributed by atoms with Crippen LogP contribution in [0.25, 0.3) is 0 Å². The molecule has 1 saturated heterocycles. The Kier molecular flexibility index (Phi) is 2.56. The molecule has 2 amide bonds. The summed E-state index contributed by atoms with van der Waals surface area (Å²) in [5.41, 5.74) is 0. The molecule has 0 spiro atoms. The summed E-state index contributed by atoms with van der Waals surface area (Å²) in [5.74, 6) is -0.561. The van der Waals surface area contributed by atoms with Crippen LogP contribution in [-0.2, 0) is 9.59 Å². The van der Waals surface area contributed by atoms with Gasteiger partial charge in [-0.15, -0.1) is 0 Å². The predicted octanol–water partition coefficient (Wildman–Crippen LogP) is -2.02. The van der Waals surface area contributed by atoms with E-state index >= 15 is 0 Å². The van der Waals surface area contributed by atoms with Crippen LogP contribution in [0.2, 0.25) is 0 Å². The number of aliphatic hydroxyl groups is 1. The van der Waals surface area contributed by atoms with Gasteiger partial charge in [0.25, 0.3) is 0 Å². The minimum Gasteiger partial charge on any atom is -0.395 e. The van der Waals surface area contributed by atoms with Gasteiger partial charge in [-0.25, -0.2) is 0 Å². The van der Waals surface area contributed by atoms with Crippen LogP contribution >= 0.6 is 0 Å². The van der Waals surface area contributed by atoms with Gasteiger partial charge in [0.2, 0.25) is 11.8 Å². The monoisotopic (exact) mass is 158 g/mol. The number of carbonyl (C=O) groups is 2. The Labute approximate surface area is 63.8 Å². The summed E-state index contributed by atoms with van der Waals surface area (Å²) in [4.78, 5) is 21.4. The summed E-state index contributed by atoms with van der Waals surface area (Å²) in [7, 11) is 0. The van der Waals surface area contributed by atoms with Gasteiger partial charge in [0.05, 0.1) is 19.1 Å². The summed E-state index contributed by atoms with van der Waals surface area (Å²) >= 11 is 0. The highest BCUT2D eigenvalue weighted by Gasteiger charge is 2.29. The summed E-state index contributed by atoms with van der Waals surface area (Å²) in [5, 5.41) is 13.3. The maximum absolute atomic E-state index is 10.8. The maximum Gasteiger partial charge on any atom is 0.244 e. The molecule has 5 heteroatoms. The normalized spacial score (nSPS) is 23.9. The second-order valence-electron chi connectivity index (χ2n) is 2.35. The summed E-state index contributed by atoms with van der Waals surface area (Å²) in [6.45, 7) is 0.309. The van der Waals surface area contributed by atoms with Crippen LogP contribution in [0.1, 0.15) is 6.42 Å². The molecule has 1 aliphatic heterocycles. The smallest absolute Gasteiger partial charge is 0.244 e. The molecule has 11 heavy (non-hydrogen) atoms. The molecule has 0 saturated carbocycles. The molecule has 0 radical (unpaired) electrons. The number of amides is 2. The predicted molar refractivity (Wildman–Crippen MR) is 36.6 cm³/mol. The lowest BCUT2D eigenvalue weighted by molar-refractivity contribution is -0.125. The highest BCUT2D eigenvalue weighted by Crippen LogP contribution is 1.99. The van der Waals surface area contributed by atoms with E-state index < -0.39 is 6.04 Å². The second kappa shape index (κ2) is 3.45. The highest BCUT2D eigenvalue weighted by atomic mass is 16.3. The molecule has 0 aliphatic carbocycles. The van der Waals surface area contributed by atoms with Crippen molar-refractivity contribution in [3.8, 4) is 0 Å². The van der Waals surface area contributed by atoms with Gasteiger partial charge in [0.15, 0.2) is 0 Å². The van der Waals surface area contributed by atoms with Crippen molar-refractivity contribution in [1.29, 1.82) is 0 Å². The lowest BCUT2D eigenvalue weighted by Gasteiger charge is -2.05. The molecule has 1 atom stereocenters. The number of nitrogens with one attached hydrogen (secondary N) is 2. The number of aliphatic hydroxyl groups excluding tert-OH is 1. The molecule has 1 unspecified atom stereocenters. The van der Waals surface area contributed by atoms with Crippen molar-refractivity contribution in [2.45, 2.75) is 12.5 Å². The van der Waals surface area contributed by atoms with E-state index in [0.717, 1.165) is 0 Å². The van der Waals surface area contributed by atoms with Crippen LogP contribution in [0, 0.1) is 0 Å². The lowest BCUT2D eigenvalue weighted by atomic mass is 10.2. The van der Waals surface area contributed by atoms with Crippen LogP contribution in [0.5, 0.6) is 0 Å². The zero-order valence-corrected chi connectivity index (χ0v) is 5.96. The highest BCUT2D eigenvalue weighted by molar-refractivity contribution is 6.05. The van der Waals surface area contributed by atoms with E-state index in [4.69, 9.17) is 5.11 Å². The third-order valence-electron chi connectivity index (χ3n) is 1.47. The number of carbonyl (C=O) groups excluding carboxylic acids is 2. The standard InChI is InChI=1S/C6H10N2O3/c9-2-1-7-4-3-5(10)8-6(4)11/h4,7,9H,1-3H2,(H,8,10,11). The second-order valence-corrected chi connectivity index (χ2v) is 2.35. The molecule has 1 aliphatic rings. The van der Waals surface area contributed by atoms with Crippen molar-refractivity contribution in [3.05, 3.63) is 0 Å². The summed E-state index contributed by atoms with van der Waals surface area (Å²) in [6, 6.07) is -0.449. The maximum atomic E-state index is 10.8. The fraction of sp³-hybridized carbons (Fsp3) is 0.667. The topological polar surface area (TPSA) is 78.4 Å². The number of hydrogen-bond acceptors (Lipinski definition) is 4. The first kappa shape index (κ1) is 8.16. The Morgan fingerprint density at radius 3 is 2.82 bits per heavy atom. The van der Waals surface area contributed by atoms with Crippen LogP contribution in [0.15, 0.2) is 0 Å². The largest absolute Gasteiger partial charge is 0.395 e. The van der Waals surface area contributed by atoms with Gasteiger partial charge >= 0.3 is 0 Å². The van der Waals surface area contributed by atoms with Crippen LogP contribution in [-0.4, -0.2) is 36.1 Å².